The molecule has 19 heavy (non-hydrogen) atoms. The van der Waals surface area contributed by atoms with Gasteiger partial charge in [0.25, 0.3) is 0 Å². The lowest BCUT2D eigenvalue weighted by Gasteiger charge is -2.05. The number of amides is 1. The maximum absolute atomic E-state index is 13.3. The number of carbonyl (C=O) groups excluding carboxylic acids is 1. The van der Waals surface area contributed by atoms with Gasteiger partial charge in [-0.05, 0) is 18.2 Å². The lowest BCUT2D eigenvalue weighted by molar-refractivity contribution is -0.115. The molecule has 1 aromatic carbocycles. The SMILES string of the molecule is CCC(=O)Nc1nc(-c2cc(F)ccc2OC)cs1. The van der Waals surface area contributed by atoms with Gasteiger partial charge in [-0.1, -0.05) is 6.92 Å². The third-order valence-corrected chi connectivity index (χ3v) is 3.27. The number of benzene rings is 1. The summed E-state index contributed by atoms with van der Waals surface area (Å²) in [6.45, 7) is 1.76. The fourth-order valence-corrected chi connectivity index (χ4v) is 2.27. The summed E-state index contributed by atoms with van der Waals surface area (Å²) in [5.41, 5.74) is 1.14. The molecule has 0 saturated heterocycles. The minimum Gasteiger partial charge on any atom is -0.496 e. The molecule has 6 heteroatoms. The van der Waals surface area contributed by atoms with E-state index in [1.807, 2.05) is 0 Å². The molecular formula is C13H13FN2O2S. The highest BCUT2D eigenvalue weighted by atomic mass is 32.1. The molecule has 1 heterocycles. The number of ether oxygens (including phenoxy) is 1. The van der Waals surface area contributed by atoms with Crippen molar-refractivity contribution in [2.45, 2.75) is 13.3 Å². The van der Waals surface area contributed by atoms with Gasteiger partial charge in [-0.3, -0.25) is 4.79 Å². The van der Waals surface area contributed by atoms with Crippen LogP contribution in [0, 0.1) is 5.82 Å². The number of thiazole rings is 1. The highest BCUT2D eigenvalue weighted by Crippen LogP contribution is 2.32. The molecule has 1 N–H and O–H groups in total. The van der Waals surface area contributed by atoms with E-state index in [1.165, 1.54) is 30.6 Å². The summed E-state index contributed by atoms with van der Waals surface area (Å²) in [7, 11) is 1.52. The normalized spacial score (nSPS) is 10.3. The van der Waals surface area contributed by atoms with Crippen LogP contribution in [0.15, 0.2) is 23.6 Å². The first-order chi connectivity index (χ1) is 9.13. The van der Waals surface area contributed by atoms with Crippen LogP contribution < -0.4 is 10.1 Å². The molecule has 1 amide bonds. The van der Waals surface area contributed by atoms with Crippen LogP contribution >= 0.6 is 11.3 Å². The number of nitrogens with one attached hydrogen (secondary N) is 1. The summed E-state index contributed by atoms with van der Waals surface area (Å²) in [6, 6.07) is 4.24. The highest BCUT2D eigenvalue weighted by molar-refractivity contribution is 7.14. The zero-order valence-corrected chi connectivity index (χ0v) is 11.4. The summed E-state index contributed by atoms with van der Waals surface area (Å²) in [6.07, 6.45) is 0.387. The molecule has 0 aliphatic rings. The molecule has 0 atom stereocenters. The molecule has 0 fully saturated rings. The molecule has 2 rings (SSSR count). The maximum Gasteiger partial charge on any atom is 0.225 e. The van der Waals surface area contributed by atoms with Crippen molar-refractivity contribution in [1.29, 1.82) is 0 Å². The number of hydrogen-bond acceptors (Lipinski definition) is 4. The van der Waals surface area contributed by atoms with Crippen LogP contribution in [-0.2, 0) is 4.79 Å². The topological polar surface area (TPSA) is 51.2 Å². The molecule has 100 valence electrons. The van der Waals surface area contributed by atoms with Crippen LogP contribution in [0.25, 0.3) is 11.3 Å². The molecule has 0 unspecified atom stereocenters. The molecule has 4 nitrogen and oxygen atoms in total. The van der Waals surface area contributed by atoms with E-state index in [-0.39, 0.29) is 11.7 Å². The zero-order valence-electron chi connectivity index (χ0n) is 10.6. The minimum atomic E-state index is -0.358. The van der Waals surface area contributed by atoms with E-state index in [2.05, 4.69) is 10.3 Å². The number of hydrogen-bond donors (Lipinski definition) is 1. The van der Waals surface area contributed by atoms with Gasteiger partial charge in [0.1, 0.15) is 11.6 Å². The van der Waals surface area contributed by atoms with Gasteiger partial charge in [-0.15, -0.1) is 11.3 Å². The predicted molar refractivity (Wildman–Crippen MR) is 73.0 cm³/mol. The quantitative estimate of drug-likeness (QED) is 0.934. The Bertz CT molecular complexity index is 598. The first-order valence-electron chi connectivity index (χ1n) is 5.73. The van der Waals surface area contributed by atoms with Crippen LogP contribution in [0.5, 0.6) is 5.75 Å². The summed E-state index contributed by atoms with van der Waals surface area (Å²) >= 11 is 1.29. The second kappa shape index (κ2) is 5.79. The van der Waals surface area contributed by atoms with Gasteiger partial charge in [0, 0.05) is 17.4 Å². The maximum atomic E-state index is 13.3. The van der Waals surface area contributed by atoms with E-state index in [0.717, 1.165) is 0 Å². The Labute approximate surface area is 114 Å². The van der Waals surface area contributed by atoms with Gasteiger partial charge in [0.2, 0.25) is 5.91 Å². The van der Waals surface area contributed by atoms with Crippen LogP contribution in [-0.4, -0.2) is 18.0 Å². The molecule has 0 aliphatic carbocycles. The van der Waals surface area contributed by atoms with Crippen molar-refractivity contribution in [1.82, 2.24) is 4.98 Å². The lowest BCUT2D eigenvalue weighted by Crippen LogP contribution is -2.08. The van der Waals surface area contributed by atoms with E-state index >= 15 is 0 Å². The molecular weight excluding hydrogens is 267 g/mol. The largest absolute Gasteiger partial charge is 0.496 e. The Kier molecular flexibility index (Phi) is 4.11. The third-order valence-electron chi connectivity index (χ3n) is 2.51. The van der Waals surface area contributed by atoms with Crippen molar-refractivity contribution in [3.05, 3.63) is 29.4 Å². The highest BCUT2D eigenvalue weighted by Gasteiger charge is 2.12. The first kappa shape index (κ1) is 13.5. The second-order valence-corrected chi connectivity index (χ2v) is 4.64. The average Bonchev–Trinajstić information content (AvgIpc) is 2.86. The van der Waals surface area contributed by atoms with Crippen molar-refractivity contribution >= 4 is 22.4 Å². The number of nitrogens with zero attached hydrogens (tertiary/aromatic N) is 1. The molecule has 0 saturated carbocycles. The number of aromatic nitrogens is 1. The summed E-state index contributed by atoms with van der Waals surface area (Å²) < 4.78 is 18.5. The summed E-state index contributed by atoms with van der Waals surface area (Å²) in [5, 5.41) is 4.91. The van der Waals surface area contributed by atoms with Gasteiger partial charge in [-0.25, -0.2) is 9.37 Å². The van der Waals surface area contributed by atoms with Gasteiger partial charge >= 0.3 is 0 Å². The summed E-state index contributed by atoms with van der Waals surface area (Å²) in [4.78, 5) is 15.5. The molecule has 2 aromatic rings. The van der Waals surface area contributed by atoms with Crippen LogP contribution in [0.3, 0.4) is 0 Å². The number of carbonyl (C=O) groups is 1. The van der Waals surface area contributed by atoms with E-state index in [0.29, 0.717) is 28.6 Å². The monoisotopic (exact) mass is 280 g/mol. The van der Waals surface area contributed by atoms with Gasteiger partial charge in [-0.2, -0.15) is 0 Å². The van der Waals surface area contributed by atoms with E-state index < -0.39 is 0 Å². The standard InChI is InChI=1S/C13H13FN2O2S/c1-3-12(17)16-13-15-10(7-19-13)9-6-8(14)4-5-11(9)18-2/h4-7H,3H2,1-2H3,(H,15,16,17). The molecule has 1 aromatic heterocycles. The minimum absolute atomic E-state index is 0.105. The van der Waals surface area contributed by atoms with Crippen LogP contribution in [0.4, 0.5) is 9.52 Å². The van der Waals surface area contributed by atoms with Gasteiger partial charge in [0.15, 0.2) is 5.13 Å². The Hall–Kier alpha value is -1.95. The Balaban J connectivity index is 2.32. The van der Waals surface area contributed by atoms with Crippen molar-refractivity contribution in [2.24, 2.45) is 0 Å². The van der Waals surface area contributed by atoms with Crippen molar-refractivity contribution < 1.29 is 13.9 Å². The fourth-order valence-electron chi connectivity index (χ4n) is 1.54. The Morgan fingerprint density at radius 2 is 2.32 bits per heavy atom. The number of anilines is 1. The van der Waals surface area contributed by atoms with Crippen molar-refractivity contribution in [3.8, 4) is 17.0 Å². The predicted octanol–water partition coefficient (Wildman–Crippen LogP) is 3.31. The fraction of sp³-hybridized carbons (Fsp3) is 0.231. The number of halogens is 1. The zero-order chi connectivity index (χ0) is 13.8. The van der Waals surface area contributed by atoms with E-state index in [9.17, 15) is 9.18 Å². The van der Waals surface area contributed by atoms with Gasteiger partial charge < -0.3 is 10.1 Å². The third kappa shape index (κ3) is 3.08. The molecule has 0 aliphatic heterocycles. The van der Waals surface area contributed by atoms with E-state index in [4.69, 9.17) is 4.74 Å². The van der Waals surface area contributed by atoms with Crippen molar-refractivity contribution in [3.63, 3.8) is 0 Å². The molecule has 0 spiro atoms. The Morgan fingerprint density at radius 3 is 3.00 bits per heavy atom. The molecule has 0 radical (unpaired) electrons. The first-order valence-corrected chi connectivity index (χ1v) is 6.61. The number of methoxy groups -OCH3 is 1. The average molecular weight is 280 g/mol. The number of rotatable bonds is 4. The van der Waals surface area contributed by atoms with Crippen LogP contribution in [0.1, 0.15) is 13.3 Å². The molecule has 0 bridgehead atoms. The summed E-state index contributed by atoms with van der Waals surface area (Å²) in [5.74, 6) is 0.0788. The lowest BCUT2D eigenvalue weighted by atomic mass is 10.1. The van der Waals surface area contributed by atoms with E-state index in [1.54, 1.807) is 18.4 Å². The van der Waals surface area contributed by atoms with Crippen molar-refractivity contribution in [2.75, 3.05) is 12.4 Å². The Morgan fingerprint density at radius 1 is 1.53 bits per heavy atom. The second-order valence-electron chi connectivity index (χ2n) is 3.78. The van der Waals surface area contributed by atoms with Gasteiger partial charge in [0.05, 0.1) is 12.8 Å². The van der Waals surface area contributed by atoms with Crippen LogP contribution in [0.2, 0.25) is 0 Å². The smallest absolute Gasteiger partial charge is 0.225 e.